The fourth-order valence-corrected chi connectivity index (χ4v) is 2.05. The van der Waals surface area contributed by atoms with Gasteiger partial charge in [-0.3, -0.25) is 0 Å². The van der Waals surface area contributed by atoms with Gasteiger partial charge in [-0.05, 0) is 30.7 Å². The minimum Gasteiger partial charge on any atom is -0.347 e. The maximum Gasteiger partial charge on any atom is 0.127 e. The van der Waals surface area contributed by atoms with Gasteiger partial charge < -0.3 is 10.3 Å². The molecular weight excluding hydrogens is 253 g/mol. The van der Waals surface area contributed by atoms with E-state index in [4.69, 9.17) is 11.6 Å². The topological polar surface area (TPSA) is 40.7 Å². The molecule has 0 saturated carbocycles. The maximum absolute atomic E-state index is 13.7. The van der Waals surface area contributed by atoms with Gasteiger partial charge in [0.2, 0.25) is 0 Å². The third-order valence-electron chi connectivity index (χ3n) is 2.74. The van der Waals surface area contributed by atoms with Crippen LogP contribution in [0.2, 0.25) is 5.02 Å². The van der Waals surface area contributed by atoms with E-state index in [-0.39, 0.29) is 11.9 Å². The van der Waals surface area contributed by atoms with Crippen LogP contribution in [-0.2, 0) is 6.42 Å². The van der Waals surface area contributed by atoms with Gasteiger partial charge >= 0.3 is 0 Å². The Morgan fingerprint density at radius 1 is 1.50 bits per heavy atom. The first-order chi connectivity index (χ1) is 8.70. The molecule has 18 heavy (non-hydrogen) atoms. The molecule has 0 bridgehead atoms. The predicted molar refractivity (Wildman–Crippen MR) is 70.1 cm³/mol. The summed E-state index contributed by atoms with van der Waals surface area (Å²) >= 11 is 5.74. The first-order valence-corrected chi connectivity index (χ1v) is 6.25. The first kappa shape index (κ1) is 13.1. The van der Waals surface area contributed by atoms with Crippen LogP contribution in [0, 0.1) is 5.82 Å². The van der Waals surface area contributed by atoms with Crippen molar-refractivity contribution in [2.24, 2.45) is 0 Å². The lowest BCUT2D eigenvalue weighted by Crippen LogP contribution is -2.24. The van der Waals surface area contributed by atoms with E-state index in [1.807, 2.05) is 6.92 Å². The van der Waals surface area contributed by atoms with Crippen LogP contribution in [-0.4, -0.2) is 16.5 Å². The minimum absolute atomic E-state index is 0.0272. The number of hydrogen-bond donors (Lipinski definition) is 2. The van der Waals surface area contributed by atoms with Gasteiger partial charge in [-0.2, -0.15) is 0 Å². The average molecular weight is 268 g/mol. The van der Waals surface area contributed by atoms with Crippen LogP contribution in [0.3, 0.4) is 0 Å². The molecule has 0 spiro atoms. The van der Waals surface area contributed by atoms with E-state index in [9.17, 15) is 4.39 Å². The zero-order valence-corrected chi connectivity index (χ0v) is 10.8. The van der Waals surface area contributed by atoms with Crippen molar-refractivity contribution in [3.8, 4) is 0 Å². The highest BCUT2D eigenvalue weighted by Gasteiger charge is 2.15. The van der Waals surface area contributed by atoms with Gasteiger partial charge in [-0.15, -0.1) is 0 Å². The van der Waals surface area contributed by atoms with E-state index in [0.29, 0.717) is 17.0 Å². The highest BCUT2D eigenvalue weighted by molar-refractivity contribution is 6.30. The Morgan fingerprint density at radius 3 is 2.94 bits per heavy atom. The number of imidazole rings is 1. The van der Waals surface area contributed by atoms with Crippen LogP contribution in [0.5, 0.6) is 0 Å². The van der Waals surface area contributed by atoms with Crippen molar-refractivity contribution < 1.29 is 4.39 Å². The largest absolute Gasteiger partial charge is 0.347 e. The number of aromatic nitrogens is 2. The van der Waals surface area contributed by atoms with Crippen molar-refractivity contribution in [1.29, 1.82) is 0 Å². The minimum atomic E-state index is -0.281. The second-order valence-corrected chi connectivity index (χ2v) is 4.46. The van der Waals surface area contributed by atoms with E-state index in [2.05, 4.69) is 15.3 Å². The summed E-state index contributed by atoms with van der Waals surface area (Å²) in [6.07, 6.45) is 3.99. The number of nitrogens with zero attached hydrogens (tertiary/aromatic N) is 1. The van der Waals surface area contributed by atoms with E-state index < -0.39 is 0 Å². The van der Waals surface area contributed by atoms with Crippen LogP contribution >= 0.6 is 11.6 Å². The number of H-pyrrole nitrogens is 1. The molecule has 2 aromatic rings. The lowest BCUT2D eigenvalue weighted by molar-refractivity contribution is 0.509. The number of rotatable bonds is 5. The second kappa shape index (κ2) is 5.98. The van der Waals surface area contributed by atoms with Crippen LogP contribution in [0.15, 0.2) is 30.6 Å². The van der Waals surface area contributed by atoms with Crippen molar-refractivity contribution in [1.82, 2.24) is 15.3 Å². The van der Waals surface area contributed by atoms with Crippen molar-refractivity contribution >= 4 is 11.6 Å². The summed E-state index contributed by atoms with van der Waals surface area (Å²) < 4.78 is 13.7. The highest BCUT2D eigenvalue weighted by atomic mass is 35.5. The van der Waals surface area contributed by atoms with Crippen molar-refractivity contribution in [2.45, 2.75) is 19.4 Å². The zero-order chi connectivity index (χ0) is 13.0. The summed E-state index contributed by atoms with van der Waals surface area (Å²) in [5.74, 6) is 0.531. The Hall–Kier alpha value is -1.39. The number of aromatic amines is 1. The summed E-state index contributed by atoms with van der Waals surface area (Å²) in [6, 6.07) is 4.72. The molecule has 2 N–H and O–H groups in total. The monoisotopic (exact) mass is 267 g/mol. The normalized spacial score (nSPS) is 12.6. The van der Waals surface area contributed by atoms with E-state index in [1.54, 1.807) is 24.5 Å². The van der Waals surface area contributed by atoms with E-state index >= 15 is 0 Å². The van der Waals surface area contributed by atoms with Crippen molar-refractivity contribution in [2.75, 3.05) is 6.54 Å². The number of likely N-dealkylation sites (N-methyl/N-ethyl adjacent to an activating group) is 1. The molecule has 1 heterocycles. The van der Waals surface area contributed by atoms with Gasteiger partial charge in [0.25, 0.3) is 0 Å². The second-order valence-electron chi connectivity index (χ2n) is 4.02. The summed E-state index contributed by atoms with van der Waals surface area (Å²) in [4.78, 5) is 7.26. The summed E-state index contributed by atoms with van der Waals surface area (Å²) in [6.45, 7) is 2.80. The summed E-state index contributed by atoms with van der Waals surface area (Å²) in [5, 5.41) is 3.69. The van der Waals surface area contributed by atoms with Crippen LogP contribution in [0.4, 0.5) is 4.39 Å². The smallest absolute Gasteiger partial charge is 0.127 e. The van der Waals surface area contributed by atoms with Gasteiger partial charge in [-0.1, -0.05) is 24.6 Å². The number of halogens is 2. The summed E-state index contributed by atoms with van der Waals surface area (Å²) in [7, 11) is 0. The van der Waals surface area contributed by atoms with Gasteiger partial charge in [0.05, 0.1) is 6.04 Å². The Kier molecular flexibility index (Phi) is 4.33. The number of hydrogen-bond acceptors (Lipinski definition) is 2. The van der Waals surface area contributed by atoms with Crippen molar-refractivity contribution in [3.63, 3.8) is 0 Å². The molecule has 1 aromatic carbocycles. The van der Waals surface area contributed by atoms with E-state index in [0.717, 1.165) is 12.4 Å². The molecule has 0 radical (unpaired) electrons. The Morgan fingerprint density at radius 2 is 2.33 bits per heavy atom. The standard InChI is InChI=1S/C13H15ClFN3/c1-2-16-12(13-17-5-6-18-13)7-9-3-4-10(14)8-11(9)15/h3-6,8,12,16H,2,7H2,1H3,(H,17,18). The molecule has 3 nitrogen and oxygen atoms in total. The lowest BCUT2D eigenvalue weighted by Gasteiger charge is -2.16. The SMILES string of the molecule is CCNC(Cc1ccc(Cl)cc1F)c1ncc[nH]1. The molecule has 96 valence electrons. The molecule has 5 heteroatoms. The quantitative estimate of drug-likeness (QED) is 0.874. The molecular formula is C13H15ClFN3. The molecule has 1 aromatic heterocycles. The third-order valence-corrected chi connectivity index (χ3v) is 2.97. The van der Waals surface area contributed by atoms with Crippen LogP contribution < -0.4 is 5.32 Å². The Bertz CT molecular complexity index is 499. The van der Waals surface area contributed by atoms with Crippen molar-refractivity contribution in [3.05, 3.63) is 52.8 Å². The number of nitrogens with one attached hydrogen (secondary N) is 2. The first-order valence-electron chi connectivity index (χ1n) is 5.87. The zero-order valence-electron chi connectivity index (χ0n) is 10.1. The predicted octanol–water partition coefficient (Wildman–Crippen LogP) is 3.10. The third kappa shape index (κ3) is 3.09. The van der Waals surface area contributed by atoms with Gasteiger partial charge in [0.1, 0.15) is 11.6 Å². The molecule has 0 saturated heterocycles. The highest BCUT2D eigenvalue weighted by Crippen LogP contribution is 2.20. The van der Waals surface area contributed by atoms with Gasteiger partial charge in [0, 0.05) is 17.4 Å². The fourth-order valence-electron chi connectivity index (χ4n) is 1.89. The molecule has 0 aliphatic carbocycles. The van der Waals surface area contributed by atoms with Gasteiger partial charge in [0.15, 0.2) is 0 Å². The molecule has 2 rings (SSSR count). The Labute approximate surface area is 110 Å². The molecule has 0 aliphatic rings. The molecule has 1 atom stereocenters. The fraction of sp³-hybridized carbons (Fsp3) is 0.308. The lowest BCUT2D eigenvalue weighted by atomic mass is 10.0. The molecule has 1 unspecified atom stereocenters. The van der Waals surface area contributed by atoms with Crippen LogP contribution in [0.1, 0.15) is 24.4 Å². The van der Waals surface area contributed by atoms with Gasteiger partial charge in [-0.25, -0.2) is 9.37 Å². The summed E-state index contributed by atoms with van der Waals surface area (Å²) in [5.41, 5.74) is 0.627. The van der Waals surface area contributed by atoms with Crippen LogP contribution in [0.25, 0.3) is 0 Å². The molecule has 0 aliphatic heterocycles. The number of benzene rings is 1. The van der Waals surface area contributed by atoms with E-state index in [1.165, 1.54) is 6.07 Å². The Balaban J connectivity index is 2.18. The average Bonchev–Trinajstić information content (AvgIpc) is 2.85. The molecule has 0 fully saturated rings. The molecule has 0 amide bonds. The maximum atomic E-state index is 13.7.